The lowest BCUT2D eigenvalue weighted by atomic mass is 10.2. The molecular weight excluding hydrogens is 348 g/mol. The summed E-state index contributed by atoms with van der Waals surface area (Å²) in [5.74, 6) is 0.156. The van der Waals surface area contributed by atoms with Crippen LogP contribution in [0.3, 0.4) is 0 Å². The van der Waals surface area contributed by atoms with Crippen LogP contribution in [-0.4, -0.2) is 23.3 Å². The van der Waals surface area contributed by atoms with Crippen LogP contribution in [0.15, 0.2) is 52.4 Å². The second-order valence-electron chi connectivity index (χ2n) is 4.89. The average Bonchev–Trinajstić information content (AvgIpc) is 2.87. The number of nitrogens with zero attached hydrogens (tertiary/aromatic N) is 1. The normalized spacial score (nSPS) is 17.3. The topological polar surface area (TPSA) is 70.9 Å². The number of carbonyl (C=O) groups is 1. The number of hydrogen-bond donors (Lipinski definition) is 2. The minimum atomic E-state index is -0.240. The fraction of sp³-hybridized carbons (Fsp3) is 0.0588. The van der Waals surface area contributed by atoms with Crippen molar-refractivity contribution in [3.63, 3.8) is 0 Å². The molecule has 0 radical (unpaired) electrons. The Morgan fingerprint density at radius 2 is 2.12 bits per heavy atom. The molecule has 0 bridgehead atoms. The number of amidine groups is 1. The zero-order chi connectivity index (χ0) is 17.1. The molecular formula is C17H13ClN2O3S. The Hall–Kier alpha value is -2.44. The summed E-state index contributed by atoms with van der Waals surface area (Å²) >= 11 is 7.15. The van der Waals surface area contributed by atoms with Gasteiger partial charge in [0.1, 0.15) is 0 Å². The first-order valence-electron chi connectivity index (χ1n) is 6.97. The van der Waals surface area contributed by atoms with E-state index in [0.717, 1.165) is 0 Å². The zero-order valence-corrected chi connectivity index (χ0v) is 14.2. The van der Waals surface area contributed by atoms with Gasteiger partial charge in [0.15, 0.2) is 16.7 Å². The number of phenols is 1. The number of hydrogen-bond acceptors (Lipinski definition) is 5. The number of benzene rings is 2. The van der Waals surface area contributed by atoms with Crippen LogP contribution in [-0.2, 0) is 4.79 Å². The van der Waals surface area contributed by atoms with E-state index < -0.39 is 0 Å². The zero-order valence-electron chi connectivity index (χ0n) is 12.6. The minimum absolute atomic E-state index is 0.0167. The Kier molecular flexibility index (Phi) is 4.78. The van der Waals surface area contributed by atoms with Gasteiger partial charge in [-0.05, 0) is 53.7 Å². The van der Waals surface area contributed by atoms with Gasteiger partial charge in [-0.15, -0.1) is 0 Å². The van der Waals surface area contributed by atoms with Gasteiger partial charge in [-0.25, -0.2) is 4.99 Å². The van der Waals surface area contributed by atoms with Crippen LogP contribution in [0.1, 0.15) is 5.56 Å². The Morgan fingerprint density at radius 3 is 2.83 bits per heavy atom. The number of thioether (sulfide) groups is 1. The maximum Gasteiger partial charge on any atom is 0.264 e. The van der Waals surface area contributed by atoms with Crippen molar-refractivity contribution in [3.8, 4) is 11.5 Å². The Bertz CT molecular complexity index is 865. The summed E-state index contributed by atoms with van der Waals surface area (Å²) in [7, 11) is 1.48. The number of nitrogens with one attached hydrogen (secondary N) is 1. The van der Waals surface area contributed by atoms with E-state index in [1.807, 2.05) is 0 Å². The summed E-state index contributed by atoms with van der Waals surface area (Å²) < 4.78 is 5.00. The fourth-order valence-corrected chi connectivity index (χ4v) is 3.12. The van der Waals surface area contributed by atoms with Gasteiger partial charge in [-0.1, -0.05) is 23.7 Å². The molecule has 1 saturated heterocycles. The molecule has 7 heteroatoms. The largest absolute Gasteiger partial charge is 0.504 e. The lowest BCUT2D eigenvalue weighted by Crippen LogP contribution is -2.19. The van der Waals surface area contributed by atoms with Crippen LogP contribution in [0.5, 0.6) is 11.5 Å². The average molecular weight is 361 g/mol. The highest BCUT2D eigenvalue weighted by atomic mass is 35.5. The highest BCUT2D eigenvalue weighted by molar-refractivity contribution is 8.18. The second-order valence-corrected chi connectivity index (χ2v) is 6.36. The SMILES string of the molecule is COc1ccc(/C=C2/SC(=Nc3cccc(Cl)c3)NC2=O)cc1O. The van der Waals surface area contributed by atoms with Crippen molar-refractivity contribution in [2.45, 2.75) is 0 Å². The Morgan fingerprint density at radius 1 is 1.29 bits per heavy atom. The van der Waals surface area contributed by atoms with Gasteiger partial charge < -0.3 is 15.2 Å². The molecule has 0 saturated carbocycles. The molecule has 24 heavy (non-hydrogen) atoms. The van der Waals surface area contributed by atoms with E-state index in [2.05, 4.69) is 10.3 Å². The summed E-state index contributed by atoms with van der Waals surface area (Å²) in [4.78, 5) is 16.9. The molecule has 0 unspecified atom stereocenters. The Labute approximate surface area is 148 Å². The molecule has 1 amide bonds. The third kappa shape index (κ3) is 3.72. The van der Waals surface area contributed by atoms with E-state index in [1.165, 1.54) is 24.9 Å². The van der Waals surface area contributed by atoms with Gasteiger partial charge in [-0.3, -0.25) is 4.79 Å². The number of phenolic OH excluding ortho intramolecular Hbond substituents is 1. The summed E-state index contributed by atoms with van der Waals surface area (Å²) in [6, 6.07) is 12.0. The number of methoxy groups -OCH3 is 1. The van der Waals surface area contributed by atoms with Crippen molar-refractivity contribution in [2.75, 3.05) is 7.11 Å². The van der Waals surface area contributed by atoms with Gasteiger partial charge >= 0.3 is 0 Å². The van der Waals surface area contributed by atoms with E-state index in [1.54, 1.807) is 42.5 Å². The maximum atomic E-state index is 12.1. The standard InChI is InChI=1S/C17H13ClN2O3S/c1-23-14-6-5-10(7-13(14)21)8-15-16(22)20-17(24-15)19-12-4-2-3-11(18)9-12/h2-9,21H,1H3,(H,19,20,22)/b15-8+. The summed E-state index contributed by atoms with van der Waals surface area (Å²) in [5.41, 5.74) is 1.35. The quantitative estimate of drug-likeness (QED) is 0.813. The first-order valence-corrected chi connectivity index (χ1v) is 8.17. The first-order chi connectivity index (χ1) is 11.5. The number of halogens is 1. The summed E-state index contributed by atoms with van der Waals surface area (Å²) in [5, 5.41) is 13.6. The van der Waals surface area contributed by atoms with Crippen molar-refractivity contribution >= 4 is 46.2 Å². The van der Waals surface area contributed by atoms with Crippen LogP contribution < -0.4 is 10.1 Å². The molecule has 0 spiro atoms. The van der Waals surface area contributed by atoms with Crippen LogP contribution in [0.25, 0.3) is 6.08 Å². The molecule has 0 aromatic heterocycles. The number of aromatic hydroxyl groups is 1. The molecule has 122 valence electrons. The lowest BCUT2D eigenvalue weighted by molar-refractivity contribution is -0.115. The molecule has 3 rings (SSSR count). The number of carbonyl (C=O) groups excluding carboxylic acids is 1. The van der Waals surface area contributed by atoms with Crippen LogP contribution >= 0.6 is 23.4 Å². The highest BCUT2D eigenvalue weighted by Gasteiger charge is 2.23. The van der Waals surface area contributed by atoms with Crippen molar-refractivity contribution < 1.29 is 14.6 Å². The molecule has 2 aromatic carbocycles. The van der Waals surface area contributed by atoms with Gasteiger partial charge in [0, 0.05) is 5.02 Å². The van der Waals surface area contributed by atoms with Crippen LogP contribution in [0.2, 0.25) is 5.02 Å². The molecule has 1 aliphatic heterocycles. The smallest absolute Gasteiger partial charge is 0.264 e. The lowest BCUT2D eigenvalue weighted by Gasteiger charge is -2.03. The maximum absolute atomic E-state index is 12.1. The van der Waals surface area contributed by atoms with Gasteiger partial charge in [-0.2, -0.15) is 0 Å². The third-order valence-electron chi connectivity index (χ3n) is 3.19. The van der Waals surface area contributed by atoms with Crippen molar-refractivity contribution in [3.05, 3.63) is 58.0 Å². The predicted molar refractivity (Wildman–Crippen MR) is 96.9 cm³/mol. The third-order valence-corrected chi connectivity index (χ3v) is 4.34. The molecule has 5 nitrogen and oxygen atoms in total. The van der Waals surface area contributed by atoms with Gasteiger partial charge in [0.25, 0.3) is 5.91 Å². The predicted octanol–water partition coefficient (Wildman–Crippen LogP) is 3.95. The molecule has 0 aliphatic carbocycles. The van der Waals surface area contributed by atoms with Gasteiger partial charge in [0.2, 0.25) is 0 Å². The molecule has 2 N–H and O–H groups in total. The number of amides is 1. The monoisotopic (exact) mass is 360 g/mol. The van der Waals surface area contributed by atoms with E-state index in [4.69, 9.17) is 16.3 Å². The van der Waals surface area contributed by atoms with Crippen LogP contribution in [0, 0.1) is 0 Å². The van der Waals surface area contributed by atoms with E-state index in [0.29, 0.717) is 32.1 Å². The highest BCUT2D eigenvalue weighted by Crippen LogP contribution is 2.31. The van der Waals surface area contributed by atoms with Crippen molar-refractivity contribution in [2.24, 2.45) is 4.99 Å². The molecule has 0 atom stereocenters. The van der Waals surface area contributed by atoms with E-state index >= 15 is 0 Å². The second kappa shape index (κ2) is 6.98. The molecule has 1 heterocycles. The molecule has 1 aliphatic rings. The Balaban J connectivity index is 1.83. The number of aliphatic imine (C=N–C) groups is 1. The number of rotatable bonds is 3. The fourth-order valence-electron chi connectivity index (χ4n) is 2.09. The van der Waals surface area contributed by atoms with Crippen LogP contribution in [0.4, 0.5) is 5.69 Å². The number of ether oxygens (including phenoxy) is 1. The van der Waals surface area contributed by atoms with Crippen molar-refractivity contribution in [1.29, 1.82) is 0 Å². The summed E-state index contributed by atoms with van der Waals surface area (Å²) in [6.07, 6.45) is 1.68. The first kappa shape index (κ1) is 16.4. The van der Waals surface area contributed by atoms with Gasteiger partial charge in [0.05, 0.1) is 17.7 Å². The minimum Gasteiger partial charge on any atom is -0.504 e. The molecule has 2 aromatic rings. The summed E-state index contributed by atoms with van der Waals surface area (Å²) in [6.45, 7) is 0. The van der Waals surface area contributed by atoms with Crippen molar-refractivity contribution in [1.82, 2.24) is 5.32 Å². The van der Waals surface area contributed by atoms with E-state index in [9.17, 15) is 9.90 Å². The molecule has 1 fully saturated rings. The van der Waals surface area contributed by atoms with E-state index in [-0.39, 0.29) is 11.7 Å².